The first-order valence-electron chi connectivity index (χ1n) is 4.80. The molecule has 0 unspecified atom stereocenters. The normalized spacial score (nSPS) is 10.4. The third kappa shape index (κ3) is 3.27. The minimum Gasteiger partial charge on any atom is -0.493 e. The van der Waals surface area contributed by atoms with E-state index in [4.69, 9.17) is 9.47 Å². The lowest BCUT2D eigenvalue weighted by Gasteiger charge is -2.09. The molecule has 0 heterocycles. The van der Waals surface area contributed by atoms with Crippen molar-refractivity contribution in [1.82, 2.24) is 0 Å². The average molecular weight is 223 g/mol. The molecule has 0 bridgehead atoms. The van der Waals surface area contributed by atoms with E-state index in [-0.39, 0.29) is 0 Å². The Balaban J connectivity index is 2.94. The maximum Gasteiger partial charge on any atom is 0.235 e. The molecule has 86 valence electrons. The highest BCUT2D eigenvalue weighted by atomic mass is 16.6. The van der Waals surface area contributed by atoms with Crippen molar-refractivity contribution in [2.75, 3.05) is 13.7 Å². The van der Waals surface area contributed by atoms with Crippen molar-refractivity contribution >= 4 is 6.08 Å². The zero-order valence-corrected chi connectivity index (χ0v) is 9.17. The highest BCUT2D eigenvalue weighted by Crippen LogP contribution is 2.28. The van der Waals surface area contributed by atoms with Gasteiger partial charge in [0.2, 0.25) is 6.20 Å². The summed E-state index contributed by atoms with van der Waals surface area (Å²) in [6.45, 7) is 2.42. The fraction of sp³-hybridized carbons (Fsp3) is 0.273. The molecule has 0 spiro atoms. The minimum absolute atomic E-state index is 0.511. The van der Waals surface area contributed by atoms with Gasteiger partial charge in [0.25, 0.3) is 0 Å². The summed E-state index contributed by atoms with van der Waals surface area (Å²) in [7, 11) is 1.53. The summed E-state index contributed by atoms with van der Waals surface area (Å²) in [5.41, 5.74) is 0.692. The molecule has 1 rings (SSSR count). The molecule has 0 radical (unpaired) electrons. The topological polar surface area (TPSA) is 61.6 Å². The second kappa shape index (κ2) is 5.75. The number of hydrogen-bond donors (Lipinski definition) is 0. The van der Waals surface area contributed by atoms with Gasteiger partial charge in [-0.1, -0.05) is 6.07 Å². The van der Waals surface area contributed by atoms with Gasteiger partial charge in [0.1, 0.15) is 0 Å². The van der Waals surface area contributed by atoms with Gasteiger partial charge in [-0.25, -0.2) is 0 Å². The van der Waals surface area contributed by atoms with Crippen molar-refractivity contribution in [3.63, 3.8) is 0 Å². The largest absolute Gasteiger partial charge is 0.493 e. The third-order valence-electron chi connectivity index (χ3n) is 1.88. The molecule has 1 aromatic rings. The Hall–Kier alpha value is -2.04. The van der Waals surface area contributed by atoms with Crippen molar-refractivity contribution in [2.45, 2.75) is 6.92 Å². The molecule has 5 nitrogen and oxygen atoms in total. The molecule has 0 aromatic heterocycles. The predicted octanol–water partition coefficient (Wildman–Crippen LogP) is 2.34. The van der Waals surface area contributed by atoms with E-state index in [2.05, 4.69) is 0 Å². The van der Waals surface area contributed by atoms with Gasteiger partial charge >= 0.3 is 0 Å². The summed E-state index contributed by atoms with van der Waals surface area (Å²) < 4.78 is 10.4. The molecule has 0 saturated heterocycles. The van der Waals surface area contributed by atoms with Gasteiger partial charge in [-0.15, -0.1) is 0 Å². The minimum atomic E-state index is -0.511. The van der Waals surface area contributed by atoms with Crippen LogP contribution in [0.5, 0.6) is 11.5 Å². The van der Waals surface area contributed by atoms with Gasteiger partial charge in [0, 0.05) is 6.08 Å². The van der Waals surface area contributed by atoms with Crippen LogP contribution in [0.25, 0.3) is 6.08 Å². The van der Waals surface area contributed by atoms with E-state index >= 15 is 0 Å². The van der Waals surface area contributed by atoms with Crippen LogP contribution < -0.4 is 9.47 Å². The average Bonchev–Trinajstić information content (AvgIpc) is 2.28. The molecule has 0 N–H and O–H groups in total. The Kier molecular flexibility index (Phi) is 4.32. The lowest BCUT2D eigenvalue weighted by atomic mass is 10.2. The van der Waals surface area contributed by atoms with E-state index in [0.29, 0.717) is 23.7 Å². The highest BCUT2D eigenvalue weighted by molar-refractivity contribution is 5.55. The standard InChI is InChI=1S/C11H13NO4/c1-3-16-10-5-4-9(6-7-12(13)14)8-11(10)15-2/h4-8H,3H2,1-2H3. The smallest absolute Gasteiger partial charge is 0.235 e. The van der Waals surface area contributed by atoms with Crippen molar-refractivity contribution in [1.29, 1.82) is 0 Å². The summed E-state index contributed by atoms with van der Waals surface area (Å²) >= 11 is 0. The van der Waals surface area contributed by atoms with Crippen LogP contribution in [0.4, 0.5) is 0 Å². The highest BCUT2D eigenvalue weighted by Gasteiger charge is 2.04. The van der Waals surface area contributed by atoms with Gasteiger partial charge in [-0.3, -0.25) is 10.1 Å². The summed E-state index contributed by atoms with van der Waals surface area (Å²) in [6.07, 6.45) is 2.29. The van der Waals surface area contributed by atoms with E-state index in [1.807, 2.05) is 6.92 Å². The summed E-state index contributed by atoms with van der Waals surface area (Å²) in [4.78, 5) is 9.65. The summed E-state index contributed by atoms with van der Waals surface area (Å²) in [5, 5.41) is 10.2. The van der Waals surface area contributed by atoms with Gasteiger partial charge in [0.15, 0.2) is 11.5 Å². The zero-order chi connectivity index (χ0) is 12.0. The molecule has 0 aliphatic heterocycles. The van der Waals surface area contributed by atoms with Crippen LogP contribution in [0, 0.1) is 10.1 Å². The Morgan fingerprint density at radius 1 is 1.44 bits per heavy atom. The molecule has 0 saturated carbocycles. The molecule has 0 aliphatic carbocycles. The number of rotatable bonds is 5. The number of methoxy groups -OCH3 is 1. The van der Waals surface area contributed by atoms with Gasteiger partial charge < -0.3 is 9.47 Å². The Labute approximate surface area is 93.4 Å². The maximum atomic E-state index is 10.2. The second-order valence-corrected chi connectivity index (χ2v) is 2.94. The molecule has 16 heavy (non-hydrogen) atoms. The van der Waals surface area contributed by atoms with Crippen molar-refractivity contribution in [3.05, 3.63) is 40.1 Å². The number of ether oxygens (including phenoxy) is 2. The van der Waals surface area contributed by atoms with E-state index in [0.717, 1.165) is 6.20 Å². The van der Waals surface area contributed by atoms with Crippen LogP contribution >= 0.6 is 0 Å². The van der Waals surface area contributed by atoms with Crippen LogP contribution in [0.2, 0.25) is 0 Å². The van der Waals surface area contributed by atoms with E-state index < -0.39 is 4.92 Å². The number of hydrogen-bond acceptors (Lipinski definition) is 4. The molecule has 5 heteroatoms. The monoisotopic (exact) mass is 223 g/mol. The molecule has 1 aromatic carbocycles. The van der Waals surface area contributed by atoms with Gasteiger partial charge in [0.05, 0.1) is 18.6 Å². The van der Waals surface area contributed by atoms with Crippen molar-refractivity contribution in [2.24, 2.45) is 0 Å². The van der Waals surface area contributed by atoms with E-state index in [9.17, 15) is 10.1 Å². The quantitative estimate of drug-likeness (QED) is 0.567. The first-order valence-corrected chi connectivity index (χ1v) is 4.80. The van der Waals surface area contributed by atoms with Crippen LogP contribution in [0.1, 0.15) is 12.5 Å². The first-order chi connectivity index (χ1) is 7.67. The SMILES string of the molecule is CCOc1ccc(C=C[N+](=O)[O-])cc1OC. The van der Waals surface area contributed by atoms with E-state index in [1.165, 1.54) is 13.2 Å². The number of nitro groups is 1. The zero-order valence-electron chi connectivity index (χ0n) is 9.17. The fourth-order valence-corrected chi connectivity index (χ4v) is 1.21. The van der Waals surface area contributed by atoms with Crippen LogP contribution in [0.3, 0.4) is 0 Å². The molecule has 0 aliphatic rings. The Morgan fingerprint density at radius 2 is 2.19 bits per heavy atom. The molecule has 0 amide bonds. The number of nitrogens with zero attached hydrogens (tertiary/aromatic N) is 1. The Morgan fingerprint density at radius 3 is 2.75 bits per heavy atom. The summed E-state index contributed by atoms with van der Waals surface area (Å²) in [6, 6.07) is 5.14. The molecular weight excluding hydrogens is 210 g/mol. The lowest BCUT2D eigenvalue weighted by molar-refractivity contribution is -0.400. The third-order valence-corrected chi connectivity index (χ3v) is 1.88. The molecular formula is C11H13NO4. The van der Waals surface area contributed by atoms with Gasteiger partial charge in [-0.2, -0.15) is 0 Å². The second-order valence-electron chi connectivity index (χ2n) is 2.94. The maximum absolute atomic E-state index is 10.2. The first kappa shape index (κ1) is 12.0. The van der Waals surface area contributed by atoms with E-state index in [1.54, 1.807) is 18.2 Å². The fourth-order valence-electron chi connectivity index (χ4n) is 1.21. The van der Waals surface area contributed by atoms with Crippen molar-refractivity contribution in [3.8, 4) is 11.5 Å². The summed E-state index contributed by atoms with van der Waals surface area (Å²) in [5.74, 6) is 1.19. The predicted molar refractivity (Wildman–Crippen MR) is 60.2 cm³/mol. The Bertz CT molecular complexity index is 401. The lowest BCUT2D eigenvalue weighted by Crippen LogP contribution is -1.95. The molecule has 0 fully saturated rings. The number of benzene rings is 1. The van der Waals surface area contributed by atoms with Crippen LogP contribution in [-0.4, -0.2) is 18.6 Å². The van der Waals surface area contributed by atoms with Crippen molar-refractivity contribution < 1.29 is 14.4 Å². The van der Waals surface area contributed by atoms with Crippen LogP contribution in [-0.2, 0) is 0 Å². The van der Waals surface area contributed by atoms with Gasteiger partial charge in [-0.05, 0) is 24.6 Å². The van der Waals surface area contributed by atoms with Crippen LogP contribution in [0.15, 0.2) is 24.4 Å². The molecule has 0 atom stereocenters.